The molecule has 0 saturated heterocycles. The first-order valence-electron chi connectivity index (χ1n) is 9.80. The summed E-state index contributed by atoms with van der Waals surface area (Å²) < 4.78 is 50.1. The molecule has 0 saturated carbocycles. The quantitative estimate of drug-likeness (QED) is 0.540. The number of benzene rings is 2. The number of hydrogen-bond donors (Lipinski definition) is 1. The molecule has 0 spiro atoms. The second-order valence-electron chi connectivity index (χ2n) is 6.95. The molecule has 3 rings (SSSR count). The maximum atomic E-state index is 13.6. The molecular formula is C21H25FN2O5S2. The van der Waals surface area contributed by atoms with Crippen LogP contribution in [-0.4, -0.2) is 52.6 Å². The number of ether oxygens (including phenoxy) is 2. The number of hydrogen-bond acceptors (Lipinski definition) is 6. The highest BCUT2D eigenvalue weighted by atomic mass is 32.2. The Morgan fingerprint density at radius 1 is 1.16 bits per heavy atom. The van der Waals surface area contributed by atoms with E-state index in [1.165, 1.54) is 6.07 Å². The molecule has 0 bridgehead atoms. The lowest BCUT2D eigenvalue weighted by atomic mass is 10.2. The summed E-state index contributed by atoms with van der Waals surface area (Å²) in [5.74, 6) is 1.67. The molecule has 1 aliphatic rings. The first kappa shape index (κ1) is 23.2. The van der Waals surface area contributed by atoms with Crippen molar-refractivity contribution in [2.24, 2.45) is 0 Å². The molecule has 0 atom stereocenters. The van der Waals surface area contributed by atoms with Gasteiger partial charge in [-0.3, -0.25) is 9.10 Å². The molecule has 0 fully saturated rings. The highest BCUT2D eigenvalue weighted by Gasteiger charge is 2.23. The minimum Gasteiger partial charge on any atom is -0.486 e. The fraction of sp³-hybridized carbons (Fsp3) is 0.381. The van der Waals surface area contributed by atoms with Crippen LogP contribution >= 0.6 is 11.8 Å². The number of carbonyl (C=O) groups excluding carboxylic acids is 1. The average Bonchev–Trinajstić information content (AvgIpc) is 2.74. The zero-order valence-electron chi connectivity index (χ0n) is 17.2. The van der Waals surface area contributed by atoms with E-state index >= 15 is 0 Å². The minimum absolute atomic E-state index is 0.219. The first-order valence-corrected chi connectivity index (χ1v) is 12.8. The molecule has 2 aromatic carbocycles. The van der Waals surface area contributed by atoms with E-state index < -0.39 is 15.9 Å². The molecule has 1 heterocycles. The van der Waals surface area contributed by atoms with Crippen molar-refractivity contribution in [3.05, 3.63) is 53.8 Å². The van der Waals surface area contributed by atoms with E-state index in [4.69, 9.17) is 9.47 Å². The number of nitrogens with zero attached hydrogens (tertiary/aromatic N) is 1. The Morgan fingerprint density at radius 3 is 2.65 bits per heavy atom. The summed E-state index contributed by atoms with van der Waals surface area (Å²) >= 11 is 1.58. The SMILES string of the molecule is CS(=O)(=O)N(CC(=O)NCCCSCc1ccccc1F)c1ccc2c(c1)OCCO2. The van der Waals surface area contributed by atoms with Gasteiger partial charge in [0.2, 0.25) is 15.9 Å². The van der Waals surface area contributed by atoms with Gasteiger partial charge in [-0.1, -0.05) is 18.2 Å². The number of anilines is 1. The minimum atomic E-state index is -3.68. The highest BCUT2D eigenvalue weighted by molar-refractivity contribution is 7.98. The standard InChI is InChI=1S/C21H25FN2O5S2/c1-31(26,27)24(17-7-8-19-20(13-17)29-11-10-28-19)14-21(25)23-9-4-12-30-15-16-5-2-3-6-18(16)22/h2-3,5-8,13H,4,9-12,14-15H2,1H3,(H,23,25). The summed E-state index contributed by atoms with van der Waals surface area (Å²) in [4.78, 5) is 12.3. The smallest absolute Gasteiger partial charge is 0.240 e. The molecule has 10 heteroatoms. The van der Waals surface area contributed by atoms with Gasteiger partial charge >= 0.3 is 0 Å². The first-order chi connectivity index (χ1) is 14.8. The van der Waals surface area contributed by atoms with E-state index in [1.807, 2.05) is 0 Å². The van der Waals surface area contributed by atoms with E-state index in [0.717, 1.165) is 16.3 Å². The summed E-state index contributed by atoms with van der Waals surface area (Å²) in [7, 11) is -3.68. The second kappa shape index (κ2) is 10.7. The van der Waals surface area contributed by atoms with Crippen LogP contribution in [0.25, 0.3) is 0 Å². The van der Waals surface area contributed by atoms with E-state index in [1.54, 1.807) is 48.2 Å². The summed E-state index contributed by atoms with van der Waals surface area (Å²) in [5, 5.41) is 2.74. The van der Waals surface area contributed by atoms with Gasteiger partial charge in [-0.15, -0.1) is 0 Å². The van der Waals surface area contributed by atoms with Crippen molar-refractivity contribution in [3.8, 4) is 11.5 Å². The Balaban J connectivity index is 1.47. The van der Waals surface area contributed by atoms with Crippen molar-refractivity contribution in [1.29, 1.82) is 0 Å². The van der Waals surface area contributed by atoms with Gasteiger partial charge in [0, 0.05) is 18.4 Å². The molecule has 2 aromatic rings. The van der Waals surface area contributed by atoms with Crippen LogP contribution in [0.2, 0.25) is 0 Å². The van der Waals surface area contributed by atoms with Crippen molar-refractivity contribution in [2.45, 2.75) is 12.2 Å². The Bertz CT molecular complexity index is 1020. The van der Waals surface area contributed by atoms with Gasteiger partial charge < -0.3 is 14.8 Å². The molecule has 0 unspecified atom stereocenters. The second-order valence-corrected chi connectivity index (χ2v) is 9.96. The third-order valence-electron chi connectivity index (χ3n) is 4.50. The number of halogens is 1. The number of sulfonamides is 1. The molecule has 1 N–H and O–H groups in total. The fourth-order valence-electron chi connectivity index (χ4n) is 2.97. The Hall–Kier alpha value is -2.46. The van der Waals surface area contributed by atoms with Crippen molar-refractivity contribution in [2.75, 3.05) is 42.6 Å². The maximum Gasteiger partial charge on any atom is 0.240 e. The van der Waals surface area contributed by atoms with Crippen LogP contribution in [0.5, 0.6) is 11.5 Å². The normalized spacial score (nSPS) is 13.0. The molecule has 0 radical (unpaired) electrons. The summed E-state index contributed by atoms with van der Waals surface area (Å²) in [6, 6.07) is 11.4. The highest BCUT2D eigenvalue weighted by Crippen LogP contribution is 2.34. The molecule has 0 aromatic heterocycles. The molecule has 1 amide bonds. The van der Waals surface area contributed by atoms with Crippen molar-refractivity contribution in [3.63, 3.8) is 0 Å². The zero-order chi connectivity index (χ0) is 22.3. The van der Waals surface area contributed by atoms with Crippen LogP contribution in [0.3, 0.4) is 0 Å². The average molecular weight is 469 g/mol. The Labute approximate surface area is 186 Å². The van der Waals surface area contributed by atoms with Gasteiger partial charge in [-0.25, -0.2) is 12.8 Å². The third-order valence-corrected chi connectivity index (χ3v) is 6.74. The van der Waals surface area contributed by atoms with E-state index in [-0.39, 0.29) is 12.4 Å². The lowest BCUT2D eigenvalue weighted by molar-refractivity contribution is -0.119. The maximum absolute atomic E-state index is 13.6. The van der Waals surface area contributed by atoms with Crippen LogP contribution in [0.15, 0.2) is 42.5 Å². The number of amides is 1. The molecule has 7 nitrogen and oxygen atoms in total. The third kappa shape index (κ3) is 6.76. The van der Waals surface area contributed by atoms with Gasteiger partial charge in [0.05, 0.1) is 11.9 Å². The van der Waals surface area contributed by atoms with Gasteiger partial charge in [0.1, 0.15) is 25.6 Å². The molecule has 168 valence electrons. The van der Waals surface area contributed by atoms with E-state index in [0.29, 0.717) is 54.7 Å². The van der Waals surface area contributed by atoms with E-state index in [9.17, 15) is 17.6 Å². The Kier molecular flexibility index (Phi) is 8.03. The topological polar surface area (TPSA) is 84.9 Å². The van der Waals surface area contributed by atoms with Crippen LogP contribution in [0.4, 0.5) is 10.1 Å². The summed E-state index contributed by atoms with van der Waals surface area (Å²) in [6.07, 6.45) is 1.74. The van der Waals surface area contributed by atoms with Gasteiger partial charge in [0.25, 0.3) is 0 Å². The van der Waals surface area contributed by atoms with Crippen LogP contribution in [-0.2, 0) is 20.6 Å². The van der Waals surface area contributed by atoms with Crippen molar-refractivity contribution >= 4 is 33.4 Å². The largest absolute Gasteiger partial charge is 0.486 e. The van der Waals surface area contributed by atoms with Gasteiger partial charge in [0.15, 0.2) is 11.5 Å². The number of rotatable bonds is 10. The molecule has 0 aliphatic carbocycles. The van der Waals surface area contributed by atoms with Gasteiger partial charge in [-0.05, 0) is 35.9 Å². The number of nitrogens with one attached hydrogen (secondary N) is 1. The summed E-state index contributed by atoms with van der Waals surface area (Å²) in [6.45, 7) is 0.885. The van der Waals surface area contributed by atoms with Crippen LogP contribution in [0, 0.1) is 5.82 Å². The molecule has 31 heavy (non-hydrogen) atoms. The predicted molar refractivity (Wildman–Crippen MR) is 120 cm³/mol. The monoisotopic (exact) mass is 468 g/mol. The summed E-state index contributed by atoms with van der Waals surface area (Å²) in [5.41, 5.74) is 0.988. The lowest BCUT2D eigenvalue weighted by Gasteiger charge is -2.24. The predicted octanol–water partition coefficient (Wildman–Crippen LogP) is 2.80. The number of thioether (sulfide) groups is 1. The lowest BCUT2D eigenvalue weighted by Crippen LogP contribution is -2.40. The van der Waals surface area contributed by atoms with Crippen molar-refractivity contribution in [1.82, 2.24) is 5.32 Å². The Morgan fingerprint density at radius 2 is 1.90 bits per heavy atom. The number of carbonyl (C=O) groups is 1. The van der Waals surface area contributed by atoms with E-state index in [2.05, 4.69) is 5.32 Å². The molecule has 1 aliphatic heterocycles. The van der Waals surface area contributed by atoms with Crippen LogP contribution in [0.1, 0.15) is 12.0 Å². The van der Waals surface area contributed by atoms with Gasteiger partial charge in [-0.2, -0.15) is 11.8 Å². The fourth-order valence-corrected chi connectivity index (χ4v) is 4.77. The molecular weight excluding hydrogens is 443 g/mol. The number of fused-ring (bicyclic) bond motifs is 1. The van der Waals surface area contributed by atoms with Crippen molar-refractivity contribution < 1.29 is 27.1 Å². The van der Waals surface area contributed by atoms with Crippen LogP contribution < -0.4 is 19.1 Å². The zero-order valence-corrected chi connectivity index (χ0v) is 18.8.